The van der Waals surface area contributed by atoms with Gasteiger partial charge in [0.15, 0.2) is 0 Å². The Kier molecular flexibility index (Phi) is 0.746. The first kappa shape index (κ1) is 4.77. The van der Waals surface area contributed by atoms with Crippen LogP contribution in [0.4, 0.5) is 0 Å². The summed E-state index contributed by atoms with van der Waals surface area (Å²) in [7, 11) is 0. The zero-order chi connectivity index (χ0) is 5.72. The fourth-order valence-corrected chi connectivity index (χ4v) is 1.09. The van der Waals surface area contributed by atoms with Crippen LogP contribution >= 0.6 is 0 Å². The molecule has 0 saturated carbocycles. The molecule has 4 atom stereocenters. The van der Waals surface area contributed by atoms with E-state index in [1.165, 1.54) is 0 Å². The van der Waals surface area contributed by atoms with Crippen LogP contribution < -0.4 is 0 Å². The van der Waals surface area contributed by atoms with E-state index < -0.39 is 0 Å². The molecule has 0 spiro atoms. The largest absolute Gasteiger partial charge is 0.367 e. The number of hydrogen-bond acceptors (Lipinski definition) is 2. The molecule has 0 N–H and O–H groups in total. The summed E-state index contributed by atoms with van der Waals surface area (Å²) in [6.45, 7) is 4.16. The molecule has 2 aliphatic rings. The van der Waals surface area contributed by atoms with Crippen LogP contribution in [0.3, 0.4) is 0 Å². The Labute approximate surface area is 48.8 Å². The smallest absolute Gasteiger partial charge is 0.112 e. The topological polar surface area (TPSA) is 25.1 Å². The quantitative estimate of drug-likeness (QED) is 0.465. The molecule has 0 radical (unpaired) electrons. The molecule has 0 aromatic carbocycles. The van der Waals surface area contributed by atoms with Gasteiger partial charge in [0.05, 0.1) is 12.2 Å². The van der Waals surface area contributed by atoms with Crippen LogP contribution in [0.1, 0.15) is 13.8 Å². The van der Waals surface area contributed by atoms with E-state index in [0.29, 0.717) is 24.4 Å². The number of rotatable bonds is 1. The van der Waals surface area contributed by atoms with Gasteiger partial charge < -0.3 is 9.47 Å². The van der Waals surface area contributed by atoms with Crippen LogP contribution in [0, 0.1) is 0 Å². The molecule has 0 bridgehead atoms. The zero-order valence-corrected chi connectivity index (χ0v) is 5.13. The average molecular weight is 114 g/mol. The predicted octanol–water partition coefficient (Wildman–Crippen LogP) is 0.561. The molecule has 2 aliphatic heterocycles. The van der Waals surface area contributed by atoms with Crippen LogP contribution in [0.2, 0.25) is 0 Å². The van der Waals surface area contributed by atoms with E-state index in [2.05, 4.69) is 13.8 Å². The monoisotopic (exact) mass is 114 g/mol. The highest BCUT2D eigenvalue weighted by Gasteiger charge is 2.53. The van der Waals surface area contributed by atoms with E-state index in [0.717, 1.165) is 0 Å². The molecular weight excluding hydrogens is 104 g/mol. The summed E-state index contributed by atoms with van der Waals surface area (Å²) in [5, 5.41) is 0. The Morgan fingerprint density at radius 3 is 1.25 bits per heavy atom. The van der Waals surface area contributed by atoms with Crippen LogP contribution in [0.5, 0.6) is 0 Å². The second-order valence-corrected chi connectivity index (χ2v) is 2.61. The first-order valence-electron chi connectivity index (χ1n) is 3.10. The van der Waals surface area contributed by atoms with E-state index in [-0.39, 0.29) is 0 Å². The zero-order valence-electron chi connectivity index (χ0n) is 5.13. The van der Waals surface area contributed by atoms with E-state index in [1.807, 2.05) is 0 Å². The van der Waals surface area contributed by atoms with Gasteiger partial charge >= 0.3 is 0 Å². The summed E-state index contributed by atoms with van der Waals surface area (Å²) < 4.78 is 10.4. The van der Waals surface area contributed by atoms with E-state index in [9.17, 15) is 0 Å². The maximum Gasteiger partial charge on any atom is 0.112 e. The third kappa shape index (κ3) is 0.565. The van der Waals surface area contributed by atoms with Crippen LogP contribution in [0.25, 0.3) is 0 Å². The molecule has 2 heteroatoms. The normalized spacial score (nSPS) is 60.8. The van der Waals surface area contributed by atoms with Gasteiger partial charge in [0.25, 0.3) is 0 Å². The van der Waals surface area contributed by atoms with Crippen molar-refractivity contribution in [2.75, 3.05) is 0 Å². The molecule has 0 unspecified atom stereocenters. The molecule has 0 amide bonds. The van der Waals surface area contributed by atoms with Gasteiger partial charge in [0, 0.05) is 0 Å². The first-order chi connectivity index (χ1) is 3.79. The number of ether oxygens (including phenoxy) is 2. The predicted molar refractivity (Wildman–Crippen MR) is 28.7 cm³/mol. The molecule has 2 fully saturated rings. The summed E-state index contributed by atoms with van der Waals surface area (Å²) in [4.78, 5) is 0. The summed E-state index contributed by atoms with van der Waals surface area (Å²) in [5.74, 6) is 0. The van der Waals surface area contributed by atoms with Crippen LogP contribution in [0.15, 0.2) is 0 Å². The molecule has 2 saturated heterocycles. The highest BCUT2D eigenvalue weighted by atomic mass is 16.7. The van der Waals surface area contributed by atoms with Crippen molar-refractivity contribution in [3.8, 4) is 0 Å². The Morgan fingerprint density at radius 2 is 1.12 bits per heavy atom. The van der Waals surface area contributed by atoms with Crippen LogP contribution in [-0.4, -0.2) is 24.4 Å². The van der Waals surface area contributed by atoms with Gasteiger partial charge in [-0.1, -0.05) is 0 Å². The fourth-order valence-electron chi connectivity index (χ4n) is 1.09. The molecule has 46 valence electrons. The first-order valence-corrected chi connectivity index (χ1v) is 3.10. The third-order valence-electron chi connectivity index (χ3n) is 1.84. The van der Waals surface area contributed by atoms with Gasteiger partial charge in [-0.3, -0.25) is 0 Å². The molecule has 2 nitrogen and oxygen atoms in total. The van der Waals surface area contributed by atoms with Crippen LogP contribution in [-0.2, 0) is 9.47 Å². The molecule has 2 heterocycles. The van der Waals surface area contributed by atoms with Gasteiger partial charge in [-0.15, -0.1) is 0 Å². The van der Waals surface area contributed by atoms with Crippen molar-refractivity contribution in [1.29, 1.82) is 0 Å². The maximum atomic E-state index is 5.19. The highest BCUT2D eigenvalue weighted by Crippen LogP contribution is 2.37. The lowest BCUT2D eigenvalue weighted by Crippen LogP contribution is -2.01. The third-order valence-corrected chi connectivity index (χ3v) is 1.84. The summed E-state index contributed by atoms with van der Waals surface area (Å²) in [6.07, 6.45) is 1.80. The summed E-state index contributed by atoms with van der Waals surface area (Å²) in [6, 6.07) is 0. The Morgan fingerprint density at radius 1 is 0.875 bits per heavy atom. The molecule has 2 rings (SSSR count). The number of hydrogen-bond donors (Lipinski definition) is 0. The lowest BCUT2D eigenvalue weighted by molar-refractivity contribution is 0.311. The minimum atomic E-state index is 0.435. The second kappa shape index (κ2) is 1.25. The minimum Gasteiger partial charge on any atom is -0.367 e. The standard InChI is InChI=1S/C6H10O2/c1-3-5(7-3)6-4(2)8-6/h3-6H,1-2H3/t3-,4+,5-,6+. The Balaban J connectivity index is 1.86. The lowest BCUT2D eigenvalue weighted by atomic mass is 10.2. The van der Waals surface area contributed by atoms with Crippen molar-refractivity contribution < 1.29 is 9.47 Å². The van der Waals surface area contributed by atoms with Crippen molar-refractivity contribution >= 4 is 0 Å². The average Bonchev–Trinajstić information content (AvgIpc) is 2.47. The molecular formula is C6H10O2. The number of epoxide rings is 2. The maximum absolute atomic E-state index is 5.19. The van der Waals surface area contributed by atoms with Gasteiger partial charge in [-0.05, 0) is 13.8 Å². The summed E-state index contributed by atoms with van der Waals surface area (Å²) in [5.41, 5.74) is 0. The van der Waals surface area contributed by atoms with E-state index in [4.69, 9.17) is 9.47 Å². The van der Waals surface area contributed by atoms with Crippen molar-refractivity contribution in [2.45, 2.75) is 38.3 Å². The van der Waals surface area contributed by atoms with E-state index in [1.54, 1.807) is 0 Å². The molecule has 0 aromatic rings. The van der Waals surface area contributed by atoms with Crippen molar-refractivity contribution in [3.05, 3.63) is 0 Å². The minimum absolute atomic E-state index is 0.435. The summed E-state index contributed by atoms with van der Waals surface area (Å²) >= 11 is 0. The van der Waals surface area contributed by atoms with Gasteiger partial charge in [-0.25, -0.2) is 0 Å². The van der Waals surface area contributed by atoms with Gasteiger partial charge in [0.1, 0.15) is 12.2 Å². The second-order valence-electron chi connectivity index (χ2n) is 2.61. The fraction of sp³-hybridized carbons (Fsp3) is 1.00. The Hall–Kier alpha value is -0.0800. The Bertz CT molecular complexity index is 99.1. The SMILES string of the molecule is C[C@@H]1O[C@@H]1[C@@H]1O[C@@H]1C. The van der Waals surface area contributed by atoms with E-state index >= 15 is 0 Å². The molecule has 0 aromatic heterocycles. The molecule has 0 aliphatic carbocycles. The van der Waals surface area contributed by atoms with Crippen molar-refractivity contribution in [3.63, 3.8) is 0 Å². The highest BCUT2D eigenvalue weighted by molar-refractivity contribution is 4.98. The molecule has 8 heavy (non-hydrogen) atoms. The van der Waals surface area contributed by atoms with Crippen molar-refractivity contribution in [1.82, 2.24) is 0 Å². The lowest BCUT2D eigenvalue weighted by Gasteiger charge is -1.75. The van der Waals surface area contributed by atoms with Gasteiger partial charge in [-0.2, -0.15) is 0 Å². The van der Waals surface area contributed by atoms with Gasteiger partial charge in [0.2, 0.25) is 0 Å². The van der Waals surface area contributed by atoms with Crippen molar-refractivity contribution in [2.24, 2.45) is 0 Å².